The smallest absolute Gasteiger partial charge is 0.364 e. The van der Waals surface area contributed by atoms with Gasteiger partial charge in [-0.3, -0.25) is 0 Å². The predicted molar refractivity (Wildman–Crippen MR) is 68.6 cm³/mol. The molecule has 0 saturated carbocycles. The first-order valence-electron chi connectivity index (χ1n) is 6.19. The van der Waals surface area contributed by atoms with E-state index in [-0.39, 0.29) is 5.69 Å². The molecule has 18 heavy (non-hydrogen) atoms. The van der Waals surface area contributed by atoms with Gasteiger partial charge in [0.25, 0.3) is 0 Å². The van der Waals surface area contributed by atoms with Crippen LogP contribution in [0.4, 0.5) is 5.82 Å². The number of nitrogens with zero attached hydrogens (tertiary/aromatic N) is 3. The second-order valence-electron chi connectivity index (χ2n) is 4.45. The SMILES string of the molecule is O=c1[nH]nc2ccc(NCCC3=CCCC3)nn12. The molecule has 0 unspecified atom stereocenters. The molecule has 0 radical (unpaired) electrons. The molecule has 0 fully saturated rings. The van der Waals surface area contributed by atoms with Gasteiger partial charge in [-0.25, -0.2) is 9.89 Å². The van der Waals surface area contributed by atoms with Gasteiger partial charge in [-0.15, -0.1) is 5.10 Å². The van der Waals surface area contributed by atoms with Crippen LogP contribution in [-0.2, 0) is 0 Å². The predicted octanol–water partition coefficient (Wildman–Crippen LogP) is 1.33. The van der Waals surface area contributed by atoms with Crippen molar-refractivity contribution in [1.29, 1.82) is 0 Å². The normalized spacial score (nSPS) is 15.0. The molecule has 0 aliphatic heterocycles. The van der Waals surface area contributed by atoms with Crippen LogP contribution in [0, 0.1) is 0 Å². The van der Waals surface area contributed by atoms with Crippen LogP contribution in [0.15, 0.2) is 28.6 Å². The van der Waals surface area contributed by atoms with Crippen LogP contribution in [0.2, 0.25) is 0 Å². The van der Waals surface area contributed by atoms with Crippen molar-refractivity contribution in [2.75, 3.05) is 11.9 Å². The highest BCUT2D eigenvalue weighted by Crippen LogP contribution is 2.20. The van der Waals surface area contributed by atoms with Crippen molar-refractivity contribution >= 4 is 11.5 Å². The zero-order valence-electron chi connectivity index (χ0n) is 10.0. The lowest BCUT2D eigenvalue weighted by molar-refractivity contribution is 0.847. The van der Waals surface area contributed by atoms with Gasteiger partial charge in [0.05, 0.1) is 0 Å². The van der Waals surface area contributed by atoms with Gasteiger partial charge in [-0.05, 0) is 37.8 Å². The molecule has 1 aliphatic carbocycles. The molecule has 94 valence electrons. The number of aromatic nitrogens is 4. The summed E-state index contributed by atoms with van der Waals surface area (Å²) < 4.78 is 1.26. The zero-order chi connectivity index (χ0) is 12.4. The third-order valence-corrected chi connectivity index (χ3v) is 3.16. The van der Waals surface area contributed by atoms with Crippen LogP contribution in [0.25, 0.3) is 5.65 Å². The summed E-state index contributed by atoms with van der Waals surface area (Å²) >= 11 is 0. The Kier molecular flexibility index (Phi) is 2.84. The Labute approximate surface area is 104 Å². The number of aromatic amines is 1. The molecule has 0 amide bonds. The Hall–Kier alpha value is -2.11. The number of fused-ring (bicyclic) bond motifs is 1. The summed E-state index contributed by atoms with van der Waals surface area (Å²) in [5, 5.41) is 13.6. The molecule has 0 bridgehead atoms. The highest BCUT2D eigenvalue weighted by molar-refractivity contribution is 5.42. The van der Waals surface area contributed by atoms with Crippen molar-refractivity contribution in [3.05, 3.63) is 34.3 Å². The lowest BCUT2D eigenvalue weighted by Gasteiger charge is -2.05. The van der Waals surface area contributed by atoms with E-state index in [1.165, 1.54) is 29.4 Å². The van der Waals surface area contributed by atoms with Gasteiger partial charge in [0.15, 0.2) is 5.65 Å². The van der Waals surface area contributed by atoms with Crippen molar-refractivity contribution < 1.29 is 0 Å². The molecular formula is C12H15N5O. The minimum atomic E-state index is -0.313. The van der Waals surface area contributed by atoms with E-state index in [0.717, 1.165) is 13.0 Å². The van der Waals surface area contributed by atoms with E-state index < -0.39 is 0 Å². The summed E-state index contributed by atoms with van der Waals surface area (Å²) in [6.45, 7) is 0.844. The van der Waals surface area contributed by atoms with Crippen LogP contribution >= 0.6 is 0 Å². The van der Waals surface area contributed by atoms with Gasteiger partial charge in [0.1, 0.15) is 5.82 Å². The van der Waals surface area contributed by atoms with Crippen molar-refractivity contribution in [1.82, 2.24) is 19.8 Å². The molecule has 2 heterocycles. The summed E-state index contributed by atoms with van der Waals surface area (Å²) in [6, 6.07) is 3.60. The second-order valence-corrected chi connectivity index (χ2v) is 4.45. The Morgan fingerprint density at radius 2 is 2.39 bits per heavy atom. The molecule has 0 aromatic carbocycles. The van der Waals surface area contributed by atoms with Crippen LogP contribution in [0.5, 0.6) is 0 Å². The number of rotatable bonds is 4. The Bertz CT molecular complexity index is 639. The maximum atomic E-state index is 11.4. The Balaban J connectivity index is 1.67. The van der Waals surface area contributed by atoms with Crippen molar-refractivity contribution in [2.24, 2.45) is 0 Å². The molecule has 2 N–H and O–H groups in total. The Morgan fingerprint density at radius 1 is 1.44 bits per heavy atom. The molecular weight excluding hydrogens is 230 g/mol. The lowest BCUT2D eigenvalue weighted by atomic mass is 10.2. The average molecular weight is 245 g/mol. The summed E-state index contributed by atoms with van der Waals surface area (Å²) in [5.41, 5.74) is 1.74. The Morgan fingerprint density at radius 3 is 3.22 bits per heavy atom. The monoisotopic (exact) mass is 245 g/mol. The number of nitrogens with one attached hydrogen (secondary N) is 2. The molecule has 0 spiro atoms. The molecule has 2 aromatic rings. The van der Waals surface area contributed by atoms with E-state index in [1.807, 2.05) is 6.07 Å². The number of anilines is 1. The fourth-order valence-electron chi connectivity index (χ4n) is 2.21. The van der Waals surface area contributed by atoms with Gasteiger partial charge < -0.3 is 5.32 Å². The van der Waals surface area contributed by atoms with E-state index in [1.54, 1.807) is 6.07 Å². The fraction of sp³-hybridized carbons (Fsp3) is 0.417. The maximum Gasteiger partial charge on any atom is 0.364 e. The first-order chi connectivity index (χ1) is 8.83. The molecule has 0 saturated heterocycles. The van der Waals surface area contributed by atoms with Crippen molar-refractivity contribution in [3.8, 4) is 0 Å². The standard InChI is InChI=1S/C12H15N5O/c18-12-15-14-11-6-5-10(16-17(11)12)13-8-7-9-3-1-2-4-9/h3,5-6H,1-2,4,7-8H2,(H,13,16)(H,15,18). The van der Waals surface area contributed by atoms with Gasteiger partial charge in [0, 0.05) is 6.54 Å². The first-order valence-corrected chi connectivity index (χ1v) is 6.19. The number of allylic oxidation sites excluding steroid dienone is 1. The van der Waals surface area contributed by atoms with E-state index in [4.69, 9.17) is 0 Å². The molecule has 3 rings (SSSR count). The van der Waals surface area contributed by atoms with E-state index in [2.05, 4.69) is 26.7 Å². The summed E-state index contributed by atoms with van der Waals surface area (Å²) in [4.78, 5) is 11.4. The summed E-state index contributed by atoms with van der Waals surface area (Å²) in [5.74, 6) is 0.699. The topological polar surface area (TPSA) is 75.1 Å². The molecule has 6 heteroatoms. The van der Waals surface area contributed by atoms with Crippen molar-refractivity contribution in [3.63, 3.8) is 0 Å². The lowest BCUT2D eigenvalue weighted by Crippen LogP contribution is -2.14. The highest BCUT2D eigenvalue weighted by Gasteiger charge is 2.05. The fourth-order valence-corrected chi connectivity index (χ4v) is 2.21. The van der Waals surface area contributed by atoms with Crippen LogP contribution in [0.1, 0.15) is 25.7 Å². The van der Waals surface area contributed by atoms with Gasteiger partial charge in [-0.1, -0.05) is 11.6 Å². The average Bonchev–Trinajstić information content (AvgIpc) is 3.01. The van der Waals surface area contributed by atoms with Gasteiger partial charge in [0.2, 0.25) is 0 Å². The highest BCUT2D eigenvalue weighted by atomic mass is 16.2. The molecule has 1 aliphatic rings. The number of hydrogen-bond donors (Lipinski definition) is 2. The molecule has 6 nitrogen and oxygen atoms in total. The van der Waals surface area contributed by atoms with Gasteiger partial charge >= 0.3 is 5.69 Å². The van der Waals surface area contributed by atoms with Crippen LogP contribution in [0.3, 0.4) is 0 Å². The minimum absolute atomic E-state index is 0.313. The third kappa shape index (κ3) is 2.13. The third-order valence-electron chi connectivity index (χ3n) is 3.16. The van der Waals surface area contributed by atoms with E-state index in [0.29, 0.717) is 11.5 Å². The van der Waals surface area contributed by atoms with Crippen LogP contribution in [-0.4, -0.2) is 26.4 Å². The van der Waals surface area contributed by atoms with E-state index in [9.17, 15) is 4.79 Å². The first kappa shape index (κ1) is 11.0. The molecule has 2 aromatic heterocycles. The summed E-state index contributed by atoms with van der Waals surface area (Å²) in [6.07, 6.45) is 7.07. The van der Waals surface area contributed by atoms with Crippen molar-refractivity contribution in [2.45, 2.75) is 25.7 Å². The largest absolute Gasteiger partial charge is 0.368 e. The van der Waals surface area contributed by atoms with E-state index >= 15 is 0 Å². The van der Waals surface area contributed by atoms with Gasteiger partial charge in [-0.2, -0.15) is 9.61 Å². The zero-order valence-corrected chi connectivity index (χ0v) is 10.0. The number of hydrogen-bond acceptors (Lipinski definition) is 4. The van der Waals surface area contributed by atoms with Crippen LogP contribution < -0.4 is 11.0 Å². The summed E-state index contributed by atoms with van der Waals surface area (Å²) in [7, 11) is 0. The second kappa shape index (κ2) is 4.64. The molecule has 0 atom stereocenters. The quantitative estimate of drug-likeness (QED) is 0.797. The minimum Gasteiger partial charge on any atom is -0.368 e. The number of H-pyrrole nitrogens is 1. The maximum absolute atomic E-state index is 11.4.